The zero-order valence-corrected chi connectivity index (χ0v) is 15.8. The fourth-order valence-corrected chi connectivity index (χ4v) is 2.99. The molecule has 0 saturated heterocycles. The largest absolute Gasteiger partial charge is 0.462 e. The van der Waals surface area contributed by atoms with E-state index in [4.69, 9.17) is 21.1 Å². The molecule has 26 heavy (non-hydrogen) atoms. The van der Waals surface area contributed by atoms with Crippen LogP contribution in [0.4, 0.5) is 0 Å². The van der Waals surface area contributed by atoms with Crippen molar-refractivity contribution in [2.75, 3.05) is 6.61 Å². The number of benzene rings is 2. The summed E-state index contributed by atoms with van der Waals surface area (Å²) in [5.41, 5.74) is 1.57. The van der Waals surface area contributed by atoms with E-state index >= 15 is 0 Å². The summed E-state index contributed by atoms with van der Waals surface area (Å²) >= 11 is 5.91. The molecule has 4 nitrogen and oxygen atoms in total. The maximum atomic E-state index is 12.4. The van der Waals surface area contributed by atoms with Crippen molar-refractivity contribution in [1.29, 1.82) is 0 Å². The predicted molar refractivity (Wildman–Crippen MR) is 104 cm³/mol. The molecule has 0 aliphatic carbocycles. The second kappa shape index (κ2) is 8.28. The number of fused-ring (bicyclic) bond motifs is 1. The fraction of sp³-hybridized carbons (Fsp3) is 0.286. The second-order valence-corrected chi connectivity index (χ2v) is 6.48. The predicted octanol–water partition coefficient (Wildman–Crippen LogP) is 6.06. The van der Waals surface area contributed by atoms with Gasteiger partial charge in [-0.05, 0) is 55.8 Å². The van der Waals surface area contributed by atoms with E-state index in [1.807, 2.05) is 43.5 Å². The lowest BCUT2D eigenvalue weighted by molar-refractivity contribution is 0.0528. The number of rotatable bonds is 7. The molecule has 1 heterocycles. The van der Waals surface area contributed by atoms with Crippen LogP contribution in [-0.2, 0) is 11.3 Å². The van der Waals surface area contributed by atoms with Crippen LogP contribution in [-0.4, -0.2) is 17.1 Å². The molecule has 0 unspecified atom stereocenters. The molecule has 2 aromatic carbocycles. The standard InChI is InChI=1S/C21H22ClNO3/c1-3-5-12-23-14-19(21(24)25-4-2)18-13-17(10-11-20(18)23)26-16-8-6-15(22)7-9-16/h6-11,13-14H,3-5,12H2,1-2H3. The van der Waals surface area contributed by atoms with Gasteiger partial charge in [0.15, 0.2) is 0 Å². The van der Waals surface area contributed by atoms with Crippen molar-refractivity contribution in [1.82, 2.24) is 4.57 Å². The van der Waals surface area contributed by atoms with E-state index in [2.05, 4.69) is 11.5 Å². The monoisotopic (exact) mass is 371 g/mol. The van der Waals surface area contributed by atoms with Crippen molar-refractivity contribution >= 4 is 28.5 Å². The molecule has 5 heteroatoms. The van der Waals surface area contributed by atoms with E-state index in [-0.39, 0.29) is 5.97 Å². The van der Waals surface area contributed by atoms with Crippen molar-refractivity contribution < 1.29 is 14.3 Å². The number of ether oxygens (including phenoxy) is 2. The van der Waals surface area contributed by atoms with Crippen LogP contribution in [0.5, 0.6) is 11.5 Å². The third-order valence-electron chi connectivity index (χ3n) is 4.15. The van der Waals surface area contributed by atoms with E-state index in [0.29, 0.717) is 28.7 Å². The van der Waals surface area contributed by atoms with Crippen molar-refractivity contribution in [3.05, 3.63) is 59.2 Å². The number of hydrogen-bond donors (Lipinski definition) is 0. The molecule has 0 spiro atoms. The second-order valence-electron chi connectivity index (χ2n) is 6.05. The molecule has 0 aliphatic rings. The van der Waals surface area contributed by atoms with Crippen molar-refractivity contribution in [2.45, 2.75) is 33.2 Å². The number of nitrogens with zero attached hydrogens (tertiary/aromatic N) is 1. The Morgan fingerprint density at radius 1 is 1.08 bits per heavy atom. The van der Waals surface area contributed by atoms with Crippen LogP contribution in [0.3, 0.4) is 0 Å². The highest BCUT2D eigenvalue weighted by atomic mass is 35.5. The Morgan fingerprint density at radius 3 is 2.50 bits per heavy atom. The molecular weight excluding hydrogens is 350 g/mol. The van der Waals surface area contributed by atoms with Gasteiger partial charge in [-0.15, -0.1) is 0 Å². The summed E-state index contributed by atoms with van der Waals surface area (Å²) in [5.74, 6) is 1.05. The number of carbonyl (C=O) groups is 1. The van der Waals surface area contributed by atoms with Crippen LogP contribution in [0.1, 0.15) is 37.0 Å². The highest BCUT2D eigenvalue weighted by molar-refractivity contribution is 6.30. The van der Waals surface area contributed by atoms with Gasteiger partial charge in [0.2, 0.25) is 0 Å². The van der Waals surface area contributed by atoms with Gasteiger partial charge in [-0.2, -0.15) is 0 Å². The Labute approximate surface area is 158 Å². The zero-order valence-electron chi connectivity index (χ0n) is 15.0. The number of aryl methyl sites for hydroxylation is 1. The number of hydrogen-bond acceptors (Lipinski definition) is 3. The van der Waals surface area contributed by atoms with Gasteiger partial charge in [0.25, 0.3) is 0 Å². The van der Waals surface area contributed by atoms with E-state index in [9.17, 15) is 4.79 Å². The average molecular weight is 372 g/mol. The summed E-state index contributed by atoms with van der Waals surface area (Å²) < 4.78 is 13.2. The molecule has 0 saturated carbocycles. The van der Waals surface area contributed by atoms with Crippen molar-refractivity contribution in [3.8, 4) is 11.5 Å². The van der Waals surface area contributed by atoms with Crippen molar-refractivity contribution in [3.63, 3.8) is 0 Å². The molecule has 136 valence electrons. The molecule has 0 radical (unpaired) electrons. The first-order valence-corrected chi connectivity index (χ1v) is 9.23. The first kappa shape index (κ1) is 18.3. The van der Waals surface area contributed by atoms with Gasteiger partial charge in [-0.3, -0.25) is 0 Å². The lowest BCUT2D eigenvalue weighted by Gasteiger charge is -2.08. The van der Waals surface area contributed by atoms with Gasteiger partial charge >= 0.3 is 5.97 Å². The van der Waals surface area contributed by atoms with Gasteiger partial charge < -0.3 is 14.0 Å². The smallest absolute Gasteiger partial charge is 0.340 e. The minimum absolute atomic E-state index is 0.309. The molecule has 3 aromatic rings. The molecule has 0 N–H and O–H groups in total. The maximum absolute atomic E-state index is 12.4. The molecule has 0 fully saturated rings. The summed E-state index contributed by atoms with van der Waals surface area (Å²) in [5, 5.41) is 1.50. The third-order valence-corrected chi connectivity index (χ3v) is 4.40. The third kappa shape index (κ3) is 4.02. The first-order chi connectivity index (χ1) is 12.6. The Kier molecular flexibility index (Phi) is 5.84. The quantitative estimate of drug-likeness (QED) is 0.473. The molecule has 0 amide bonds. The number of esters is 1. The Bertz CT molecular complexity index is 900. The number of aromatic nitrogens is 1. The van der Waals surface area contributed by atoms with Gasteiger partial charge in [0.05, 0.1) is 12.2 Å². The normalized spacial score (nSPS) is 10.9. The SMILES string of the molecule is CCCCn1cc(C(=O)OCC)c2cc(Oc3ccc(Cl)cc3)ccc21. The van der Waals surface area contributed by atoms with E-state index in [1.54, 1.807) is 12.1 Å². The number of unbranched alkanes of at least 4 members (excludes halogenated alkanes) is 1. The Hall–Kier alpha value is -2.46. The fourth-order valence-electron chi connectivity index (χ4n) is 2.86. The minimum atomic E-state index is -0.309. The first-order valence-electron chi connectivity index (χ1n) is 8.85. The number of carbonyl (C=O) groups excluding carboxylic acids is 1. The zero-order chi connectivity index (χ0) is 18.5. The van der Waals surface area contributed by atoms with E-state index < -0.39 is 0 Å². The van der Waals surface area contributed by atoms with Crippen LogP contribution in [0.25, 0.3) is 10.9 Å². The Morgan fingerprint density at radius 2 is 1.81 bits per heavy atom. The summed E-state index contributed by atoms with van der Waals surface area (Å²) in [7, 11) is 0. The van der Waals surface area contributed by atoms with Gasteiger partial charge in [0, 0.05) is 28.7 Å². The lowest BCUT2D eigenvalue weighted by atomic mass is 10.1. The van der Waals surface area contributed by atoms with Gasteiger partial charge in [-0.1, -0.05) is 24.9 Å². The summed E-state index contributed by atoms with van der Waals surface area (Å²) in [6.45, 7) is 5.17. The van der Waals surface area contributed by atoms with E-state index in [1.165, 1.54) is 0 Å². The van der Waals surface area contributed by atoms with Crippen LogP contribution in [0.15, 0.2) is 48.7 Å². The maximum Gasteiger partial charge on any atom is 0.340 e. The molecule has 3 rings (SSSR count). The highest BCUT2D eigenvalue weighted by Gasteiger charge is 2.17. The summed E-state index contributed by atoms with van der Waals surface area (Å²) in [6.07, 6.45) is 4.02. The molecular formula is C21H22ClNO3. The summed E-state index contributed by atoms with van der Waals surface area (Å²) in [4.78, 5) is 12.4. The molecule has 1 aromatic heterocycles. The van der Waals surface area contributed by atoms with Crippen LogP contribution in [0, 0.1) is 0 Å². The summed E-state index contributed by atoms with van der Waals surface area (Å²) in [6, 6.07) is 13.0. The molecule has 0 bridgehead atoms. The Balaban J connectivity index is 1.98. The highest BCUT2D eigenvalue weighted by Crippen LogP contribution is 2.30. The molecule has 0 aliphatic heterocycles. The average Bonchev–Trinajstić information content (AvgIpc) is 3.00. The molecule has 0 atom stereocenters. The van der Waals surface area contributed by atoms with Gasteiger partial charge in [0.1, 0.15) is 11.5 Å². The van der Waals surface area contributed by atoms with Crippen molar-refractivity contribution in [2.24, 2.45) is 0 Å². The minimum Gasteiger partial charge on any atom is -0.462 e. The number of halogens is 1. The van der Waals surface area contributed by atoms with Crippen LogP contribution in [0.2, 0.25) is 5.02 Å². The van der Waals surface area contributed by atoms with E-state index in [0.717, 1.165) is 30.3 Å². The van der Waals surface area contributed by atoms with Crippen LogP contribution >= 0.6 is 11.6 Å². The lowest BCUT2D eigenvalue weighted by Crippen LogP contribution is -2.04. The topological polar surface area (TPSA) is 40.5 Å². The van der Waals surface area contributed by atoms with Crippen LogP contribution < -0.4 is 4.74 Å². The van der Waals surface area contributed by atoms with Gasteiger partial charge in [-0.25, -0.2) is 4.79 Å².